The lowest BCUT2D eigenvalue weighted by molar-refractivity contribution is -0.384. The lowest BCUT2D eigenvalue weighted by Crippen LogP contribution is -2.25. The summed E-state index contributed by atoms with van der Waals surface area (Å²) in [5.74, 6) is 1.49. The summed E-state index contributed by atoms with van der Waals surface area (Å²) in [7, 11) is 0. The largest absolute Gasteiger partial charge is 0.467 e. The molecule has 146 valence electrons. The van der Waals surface area contributed by atoms with Gasteiger partial charge in [-0.15, -0.1) is 10.2 Å². The molecular formula is C21H18N4O4. The second kappa shape index (κ2) is 8.07. The van der Waals surface area contributed by atoms with E-state index in [0.29, 0.717) is 17.3 Å². The number of aromatic nitrogens is 2. The Morgan fingerprint density at radius 1 is 1.00 bits per heavy atom. The van der Waals surface area contributed by atoms with Crippen molar-refractivity contribution in [3.63, 3.8) is 0 Å². The topological polar surface area (TPSA) is 107 Å². The quantitative estimate of drug-likeness (QED) is 0.361. The molecular weight excluding hydrogens is 372 g/mol. The molecule has 8 nitrogen and oxygen atoms in total. The molecule has 0 aliphatic heterocycles. The summed E-state index contributed by atoms with van der Waals surface area (Å²) in [6.07, 6.45) is 1.64. The van der Waals surface area contributed by atoms with Crippen molar-refractivity contribution in [3.05, 3.63) is 100 Å². The van der Waals surface area contributed by atoms with Gasteiger partial charge in [-0.2, -0.15) is 0 Å². The Balaban J connectivity index is 1.55. The molecule has 2 aromatic carbocycles. The predicted molar refractivity (Wildman–Crippen MR) is 105 cm³/mol. The molecule has 2 aromatic heterocycles. The lowest BCUT2D eigenvalue weighted by atomic mass is 10.0. The van der Waals surface area contributed by atoms with Crippen LogP contribution in [0.25, 0.3) is 11.5 Å². The van der Waals surface area contributed by atoms with Crippen LogP contribution in [0.15, 0.2) is 81.8 Å². The second-order valence-corrected chi connectivity index (χ2v) is 6.50. The minimum atomic E-state index is -0.451. The number of non-ortho nitro benzene ring substituents is 1. The molecule has 29 heavy (non-hydrogen) atoms. The van der Waals surface area contributed by atoms with Gasteiger partial charge in [0.1, 0.15) is 5.76 Å². The van der Waals surface area contributed by atoms with E-state index >= 15 is 0 Å². The van der Waals surface area contributed by atoms with Gasteiger partial charge < -0.3 is 8.83 Å². The Kier molecular flexibility index (Phi) is 5.17. The molecule has 0 aliphatic carbocycles. The van der Waals surface area contributed by atoms with Gasteiger partial charge in [-0.3, -0.25) is 15.4 Å². The molecule has 0 fully saturated rings. The molecule has 0 aliphatic rings. The first kappa shape index (κ1) is 18.6. The highest BCUT2D eigenvalue weighted by Gasteiger charge is 2.23. The molecule has 0 saturated carbocycles. The Morgan fingerprint density at radius 2 is 1.76 bits per heavy atom. The summed E-state index contributed by atoms with van der Waals surface area (Å²) in [6, 6.07) is 19.2. The Morgan fingerprint density at radius 3 is 2.41 bits per heavy atom. The van der Waals surface area contributed by atoms with Crippen molar-refractivity contribution in [2.75, 3.05) is 0 Å². The molecule has 4 aromatic rings. The molecule has 0 bridgehead atoms. The third-order valence-electron chi connectivity index (χ3n) is 4.51. The van der Waals surface area contributed by atoms with Gasteiger partial charge in [0.2, 0.25) is 11.8 Å². The molecule has 0 unspecified atom stereocenters. The van der Waals surface area contributed by atoms with Crippen LogP contribution in [0.3, 0.4) is 0 Å². The normalized spacial score (nSPS) is 13.1. The number of nitrogens with one attached hydrogen (secondary N) is 1. The van der Waals surface area contributed by atoms with E-state index in [4.69, 9.17) is 8.83 Å². The van der Waals surface area contributed by atoms with Crippen LogP contribution < -0.4 is 5.32 Å². The first-order valence-corrected chi connectivity index (χ1v) is 9.04. The van der Waals surface area contributed by atoms with E-state index in [0.717, 1.165) is 11.3 Å². The third kappa shape index (κ3) is 4.07. The van der Waals surface area contributed by atoms with Gasteiger partial charge in [0, 0.05) is 17.7 Å². The van der Waals surface area contributed by atoms with Crippen LogP contribution in [0.1, 0.15) is 36.2 Å². The summed E-state index contributed by atoms with van der Waals surface area (Å²) in [5, 5.41) is 22.5. The minimum Gasteiger partial charge on any atom is -0.467 e. The number of nitro groups is 1. The van der Waals surface area contributed by atoms with Crippen molar-refractivity contribution in [1.82, 2.24) is 15.5 Å². The highest BCUT2D eigenvalue weighted by molar-refractivity contribution is 5.55. The van der Waals surface area contributed by atoms with Crippen molar-refractivity contribution in [2.45, 2.75) is 19.0 Å². The monoisotopic (exact) mass is 390 g/mol. The van der Waals surface area contributed by atoms with Crippen molar-refractivity contribution < 1.29 is 13.8 Å². The van der Waals surface area contributed by atoms with Gasteiger partial charge in [-0.05, 0) is 36.8 Å². The number of hydrogen-bond acceptors (Lipinski definition) is 7. The maximum absolute atomic E-state index is 10.8. The van der Waals surface area contributed by atoms with Crippen molar-refractivity contribution in [2.24, 2.45) is 0 Å². The summed E-state index contributed by atoms with van der Waals surface area (Å²) < 4.78 is 11.4. The van der Waals surface area contributed by atoms with Crippen LogP contribution in [0.5, 0.6) is 0 Å². The minimum absolute atomic E-state index is 0.00711. The summed E-state index contributed by atoms with van der Waals surface area (Å²) in [4.78, 5) is 10.3. The van der Waals surface area contributed by atoms with Gasteiger partial charge in [-0.25, -0.2) is 0 Å². The molecule has 0 amide bonds. The van der Waals surface area contributed by atoms with Crippen LogP contribution in [0.2, 0.25) is 0 Å². The fourth-order valence-corrected chi connectivity index (χ4v) is 3.02. The average molecular weight is 390 g/mol. The SMILES string of the molecule is C[C@H](N[C@@H](c1ccccc1)c1ccco1)c1nnc(-c2ccc([N+](=O)[O-])cc2)o1. The number of nitro benzene ring substituents is 1. The molecule has 0 radical (unpaired) electrons. The summed E-state index contributed by atoms with van der Waals surface area (Å²) >= 11 is 0. The van der Waals surface area contributed by atoms with Crippen molar-refractivity contribution >= 4 is 5.69 Å². The number of furan rings is 1. The number of nitrogens with zero attached hydrogens (tertiary/aromatic N) is 3. The smallest absolute Gasteiger partial charge is 0.269 e. The zero-order valence-electron chi connectivity index (χ0n) is 15.6. The van der Waals surface area contributed by atoms with E-state index in [1.165, 1.54) is 12.1 Å². The average Bonchev–Trinajstić information content (AvgIpc) is 3.45. The molecule has 0 saturated heterocycles. The van der Waals surface area contributed by atoms with Crippen molar-refractivity contribution in [1.29, 1.82) is 0 Å². The highest BCUT2D eigenvalue weighted by Crippen LogP contribution is 2.27. The summed E-state index contributed by atoms with van der Waals surface area (Å²) in [5.41, 5.74) is 1.67. The van der Waals surface area contributed by atoms with Gasteiger partial charge in [0.15, 0.2) is 0 Å². The third-order valence-corrected chi connectivity index (χ3v) is 4.51. The number of rotatable bonds is 7. The van der Waals surface area contributed by atoms with E-state index in [-0.39, 0.29) is 17.8 Å². The summed E-state index contributed by atoms with van der Waals surface area (Å²) in [6.45, 7) is 1.92. The van der Waals surface area contributed by atoms with E-state index in [2.05, 4.69) is 15.5 Å². The first-order valence-electron chi connectivity index (χ1n) is 9.04. The van der Waals surface area contributed by atoms with E-state index < -0.39 is 4.92 Å². The Hall–Kier alpha value is -3.78. The maximum Gasteiger partial charge on any atom is 0.269 e. The van der Waals surface area contributed by atoms with Crippen LogP contribution in [-0.2, 0) is 0 Å². The maximum atomic E-state index is 10.8. The number of hydrogen-bond donors (Lipinski definition) is 1. The van der Waals surface area contributed by atoms with Gasteiger partial charge in [-0.1, -0.05) is 30.3 Å². The zero-order valence-corrected chi connectivity index (χ0v) is 15.6. The van der Waals surface area contributed by atoms with Gasteiger partial charge in [0.05, 0.1) is 23.3 Å². The predicted octanol–water partition coefficient (Wildman–Crippen LogP) is 4.68. The zero-order chi connectivity index (χ0) is 20.2. The Labute approximate surface area is 166 Å². The van der Waals surface area contributed by atoms with Crippen LogP contribution in [0.4, 0.5) is 5.69 Å². The molecule has 4 rings (SSSR count). The fraction of sp³-hybridized carbons (Fsp3) is 0.143. The molecule has 0 spiro atoms. The van der Waals surface area contributed by atoms with Crippen LogP contribution >= 0.6 is 0 Å². The lowest BCUT2D eigenvalue weighted by Gasteiger charge is -2.20. The van der Waals surface area contributed by atoms with Crippen LogP contribution in [-0.4, -0.2) is 15.1 Å². The molecule has 2 atom stereocenters. The van der Waals surface area contributed by atoms with Gasteiger partial charge >= 0.3 is 0 Å². The standard InChI is InChI=1S/C21H18N4O4/c1-14(22-19(18-8-5-13-28-18)15-6-3-2-4-7-15)20-23-24-21(29-20)16-9-11-17(12-10-16)25(26)27/h2-14,19,22H,1H3/t14-,19-/m0/s1. The van der Waals surface area contributed by atoms with Crippen LogP contribution in [0, 0.1) is 10.1 Å². The first-order chi connectivity index (χ1) is 14.1. The van der Waals surface area contributed by atoms with Gasteiger partial charge in [0.25, 0.3) is 5.69 Å². The van der Waals surface area contributed by atoms with E-state index in [9.17, 15) is 10.1 Å². The van der Waals surface area contributed by atoms with E-state index in [1.807, 2.05) is 49.4 Å². The van der Waals surface area contributed by atoms with Crippen molar-refractivity contribution in [3.8, 4) is 11.5 Å². The number of benzene rings is 2. The molecule has 8 heteroatoms. The molecule has 2 heterocycles. The Bertz CT molecular complexity index is 1080. The fourth-order valence-electron chi connectivity index (χ4n) is 3.02. The second-order valence-electron chi connectivity index (χ2n) is 6.50. The highest BCUT2D eigenvalue weighted by atomic mass is 16.6. The van der Waals surface area contributed by atoms with E-state index in [1.54, 1.807) is 18.4 Å². The molecule has 1 N–H and O–H groups in total.